The van der Waals surface area contributed by atoms with Gasteiger partial charge in [-0.2, -0.15) is 4.98 Å². The average molecular weight is 353 g/mol. The van der Waals surface area contributed by atoms with E-state index < -0.39 is 5.82 Å². The highest BCUT2D eigenvalue weighted by atomic mass is 19.1. The fraction of sp³-hybridized carbons (Fsp3) is 0.111. The van der Waals surface area contributed by atoms with E-state index in [2.05, 4.69) is 20.6 Å². The Labute approximate surface area is 149 Å². The lowest BCUT2D eigenvalue weighted by Crippen LogP contribution is -2.15. The molecule has 7 nitrogen and oxygen atoms in total. The molecular weight excluding hydrogens is 337 g/mol. The second-order valence-electron chi connectivity index (χ2n) is 5.62. The molecule has 4 rings (SSSR count). The van der Waals surface area contributed by atoms with Crippen LogP contribution < -0.4 is 25.8 Å². The third-order valence-electron chi connectivity index (χ3n) is 3.69. The summed E-state index contributed by atoms with van der Waals surface area (Å²) in [7, 11) is 0. The largest absolute Gasteiger partial charge is 0.486 e. The molecule has 1 aliphatic heterocycles. The molecule has 0 spiro atoms. The number of fused-ring (bicyclic) bond motifs is 1. The summed E-state index contributed by atoms with van der Waals surface area (Å²) in [6, 6.07) is 12.4. The molecule has 4 N–H and O–H groups in total. The molecule has 132 valence electrons. The fourth-order valence-electron chi connectivity index (χ4n) is 2.52. The van der Waals surface area contributed by atoms with Crippen LogP contribution in [0.3, 0.4) is 0 Å². The predicted octanol–water partition coefficient (Wildman–Crippen LogP) is 3.46. The summed E-state index contributed by atoms with van der Waals surface area (Å²) in [5.74, 6) is 0.987. The number of nitrogen functional groups attached to an aromatic ring is 1. The van der Waals surface area contributed by atoms with Crippen LogP contribution in [0.5, 0.6) is 11.5 Å². The molecule has 0 radical (unpaired) electrons. The van der Waals surface area contributed by atoms with E-state index >= 15 is 0 Å². The maximum atomic E-state index is 14.1. The van der Waals surface area contributed by atoms with Crippen LogP contribution in [-0.2, 0) is 0 Å². The van der Waals surface area contributed by atoms with Crippen LogP contribution in [0.2, 0.25) is 0 Å². The van der Waals surface area contributed by atoms with Gasteiger partial charge in [-0.15, -0.1) is 0 Å². The highest BCUT2D eigenvalue weighted by molar-refractivity contribution is 5.64. The molecule has 26 heavy (non-hydrogen) atoms. The second-order valence-corrected chi connectivity index (χ2v) is 5.62. The normalized spacial score (nSPS) is 12.5. The van der Waals surface area contributed by atoms with Gasteiger partial charge in [0.25, 0.3) is 0 Å². The first-order chi connectivity index (χ1) is 12.7. The van der Waals surface area contributed by atoms with Gasteiger partial charge in [-0.1, -0.05) is 6.07 Å². The number of hydrogen-bond acceptors (Lipinski definition) is 7. The Morgan fingerprint density at radius 1 is 0.962 bits per heavy atom. The SMILES string of the molecule is Nc1cccc(Nc2ncc(F)c(Nc3ccc4c(c3)OCCO4)n2)c1. The molecule has 2 aromatic carbocycles. The minimum absolute atomic E-state index is 0.0445. The number of anilines is 5. The van der Waals surface area contributed by atoms with Gasteiger partial charge in [0.05, 0.1) is 6.20 Å². The number of hydrogen-bond donors (Lipinski definition) is 3. The molecule has 0 saturated carbocycles. The molecule has 8 heteroatoms. The summed E-state index contributed by atoms with van der Waals surface area (Å²) in [5.41, 5.74) is 7.69. The number of nitrogens with zero attached hydrogens (tertiary/aromatic N) is 2. The predicted molar refractivity (Wildman–Crippen MR) is 96.8 cm³/mol. The molecule has 2 heterocycles. The van der Waals surface area contributed by atoms with Crippen molar-refractivity contribution in [1.29, 1.82) is 0 Å². The lowest BCUT2D eigenvalue weighted by Gasteiger charge is -2.19. The Balaban J connectivity index is 1.56. The summed E-state index contributed by atoms with van der Waals surface area (Å²) in [6.45, 7) is 0.992. The highest BCUT2D eigenvalue weighted by Gasteiger charge is 2.13. The first kappa shape index (κ1) is 15.9. The van der Waals surface area contributed by atoms with Gasteiger partial charge in [0.1, 0.15) is 13.2 Å². The lowest BCUT2D eigenvalue weighted by molar-refractivity contribution is 0.171. The van der Waals surface area contributed by atoms with E-state index in [4.69, 9.17) is 15.2 Å². The summed E-state index contributed by atoms with van der Waals surface area (Å²) >= 11 is 0. The van der Waals surface area contributed by atoms with E-state index in [1.54, 1.807) is 36.4 Å². The minimum Gasteiger partial charge on any atom is -0.486 e. The van der Waals surface area contributed by atoms with Gasteiger partial charge < -0.3 is 25.8 Å². The van der Waals surface area contributed by atoms with Crippen molar-refractivity contribution < 1.29 is 13.9 Å². The maximum Gasteiger partial charge on any atom is 0.229 e. The smallest absolute Gasteiger partial charge is 0.229 e. The van der Waals surface area contributed by atoms with Crippen LogP contribution in [0.15, 0.2) is 48.7 Å². The van der Waals surface area contributed by atoms with Crippen molar-refractivity contribution in [2.75, 3.05) is 29.6 Å². The summed E-state index contributed by atoms with van der Waals surface area (Å²) in [4.78, 5) is 8.14. The van der Waals surface area contributed by atoms with E-state index in [-0.39, 0.29) is 11.8 Å². The lowest BCUT2D eigenvalue weighted by atomic mass is 10.2. The molecular formula is C18H16FN5O2. The van der Waals surface area contributed by atoms with Gasteiger partial charge in [-0.3, -0.25) is 0 Å². The summed E-state index contributed by atoms with van der Waals surface area (Å²) in [6.07, 6.45) is 1.10. The molecule has 0 unspecified atom stereocenters. The molecule has 1 aromatic heterocycles. The third kappa shape index (κ3) is 3.44. The van der Waals surface area contributed by atoms with Gasteiger partial charge in [0, 0.05) is 23.1 Å². The fourth-order valence-corrected chi connectivity index (χ4v) is 2.52. The number of benzene rings is 2. The van der Waals surface area contributed by atoms with Gasteiger partial charge in [-0.25, -0.2) is 9.37 Å². The standard InChI is InChI=1S/C18H16FN5O2/c19-14-10-21-18(23-12-3-1-2-11(20)8-12)24-17(14)22-13-4-5-15-16(9-13)26-7-6-25-15/h1-5,8-10H,6-7,20H2,(H2,21,22,23,24). The number of nitrogens with one attached hydrogen (secondary N) is 2. The van der Waals surface area contributed by atoms with Crippen molar-refractivity contribution in [3.63, 3.8) is 0 Å². The van der Waals surface area contributed by atoms with Crippen LogP contribution >= 0.6 is 0 Å². The first-order valence-electron chi connectivity index (χ1n) is 7.99. The first-order valence-corrected chi connectivity index (χ1v) is 7.99. The van der Waals surface area contributed by atoms with Crippen molar-refractivity contribution in [2.24, 2.45) is 0 Å². The average Bonchev–Trinajstić information content (AvgIpc) is 2.64. The second kappa shape index (κ2) is 6.75. The number of nitrogens with two attached hydrogens (primary N) is 1. The maximum absolute atomic E-state index is 14.1. The van der Waals surface area contributed by atoms with Crippen molar-refractivity contribution in [2.45, 2.75) is 0 Å². The molecule has 0 fully saturated rings. The van der Waals surface area contributed by atoms with Crippen molar-refractivity contribution in [3.8, 4) is 11.5 Å². The quantitative estimate of drug-likeness (QED) is 0.618. The van der Waals surface area contributed by atoms with Crippen molar-refractivity contribution >= 4 is 28.8 Å². The summed E-state index contributed by atoms with van der Waals surface area (Å²) in [5, 5.41) is 5.93. The van der Waals surface area contributed by atoms with Gasteiger partial charge >= 0.3 is 0 Å². The molecule has 0 saturated heterocycles. The van der Waals surface area contributed by atoms with E-state index in [0.717, 1.165) is 6.20 Å². The van der Waals surface area contributed by atoms with Crippen LogP contribution in [0, 0.1) is 5.82 Å². The molecule has 0 amide bonds. The number of halogens is 1. The van der Waals surface area contributed by atoms with Crippen molar-refractivity contribution in [1.82, 2.24) is 9.97 Å². The van der Waals surface area contributed by atoms with Gasteiger partial charge in [0.15, 0.2) is 23.1 Å². The van der Waals surface area contributed by atoms with E-state index in [1.165, 1.54) is 0 Å². The number of aromatic nitrogens is 2. The number of ether oxygens (including phenoxy) is 2. The van der Waals surface area contributed by atoms with E-state index in [1.807, 2.05) is 6.07 Å². The van der Waals surface area contributed by atoms with E-state index in [0.29, 0.717) is 41.8 Å². The van der Waals surface area contributed by atoms with Crippen LogP contribution in [0.1, 0.15) is 0 Å². The van der Waals surface area contributed by atoms with Gasteiger partial charge in [-0.05, 0) is 30.3 Å². The molecule has 3 aromatic rings. The Hall–Kier alpha value is -3.55. The Morgan fingerprint density at radius 3 is 2.62 bits per heavy atom. The van der Waals surface area contributed by atoms with Crippen molar-refractivity contribution in [3.05, 3.63) is 54.5 Å². The Kier molecular flexibility index (Phi) is 4.14. The van der Waals surface area contributed by atoms with Crippen LogP contribution in [0.25, 0.3) is 0 Å². The number of rotatable bonds is 4. The van der Waals surface area contributed by atoms with Crippen LogP contribution in [-0.4, -0.2) is 23.2 Å². The minimum atomic E-state index is -0.571. The molecule has 0 bridgehead atoms. The van der Waals surface area contributed by atoms with Gasteiger partial charge in [0.2, 0.25) is 5.95 Å². The highest BCUT2D eigenvalue weighted by Crippen LogP contribution is 2.33. The van der Waals surface area contributed by atoms with Crippen LogP contribution in [0.4, 0.5) is 33.2 Å². The van der Waals surface area contributed by atoms with E-state index in [9.17, 15) is 4.39 Å². The topological polar surface area (TPSA) is 94.3 Å². The zero-order valence-electron chi connectivity index (χ0n) is 13.7. The Morgan fingerprint density at radius 2 is 1.77 bits per heavy atom. The zero-order valence-corrected chi connectivity index (χ0v) is 13.7. The zero-order chi connectivity index (χ0) is 17.9. The Bertz CT molecular complexity index is 951. The molecule has 0 aliphatic carbocycles. The summed E-state index contributed by atoms with van der Waals surface area (Å²) < 4.78 is 25.1. The monoisotopic (exact) mass is 353 g/mol. The molecule has 1 aliphatic rings. The molecule has 0 atom stereocenters. The third-order valence-corrected chi connectivity index (χ3v) is 3.69.